The molecule has 0 bridgehead atoms. The monoisotopic (exact) mass is 523 g/mol. The molecule has 38 heavy (non-hydrogen) atoms. The van der Waals surface area contributed by atoms with Gasteiger partial charge in [0, 0.05) is 24.3 Å². The van der Waals surface area contributed by atoms with Gasteiger partial charge in [0.15, 0.2) is 5.78 Å². The van der Waals surface area contributed by atoms with Crippen molar-refractivity contribution in [3.05, 3.63) is 76.4 Å². The topological polar surface area (TPSA) is 113 Å². The number of carboxylic acids is 2. The Labute approximate surface area is 224 Å². The maximum atomic E-state index is 12.7. The van der Waals surface area contributed by atoms with Crippen molar-refractivity contribution in [3.8, 4) is 11.5 Å². The molecule has 0 unspecified atom stereocenters. The van der Waals surface area contributed by atoms with Gasteiger partial charge in [-0.25, -0.2) is 9.59 Å². The smallest absolute Gasteiger partial charge is 0.328 e. The fraction of sp³-hybridized carbons (Fsp3) is 0.367. The number of aryl methyl sites for hydroxylation is 3. The van der Waals surface area contributed by atoms with Gasteiger partial charge in [-0.15, -0.1) is 0 Å². The van der Waals surface area contributed by atoms with Crippen LogP contribution in [-0.2, 0) is 9.59 Å². The summed E-state index contributed by atoms with van der Waals surface area (Å²) in [6, 6.07) is 9.69. The summed E-state index contributed by atoms with van der Waals surface area (Å²) in [4.78, 5) is 34.3. The number of hydrogen-bond acceptors (Lipinski definition) is 6. The number of hydrogen-bond donors (Lipinski definition) is 2. The molecular formula is C30H37NO7. The molecule has 1 heterocycles. The van der Waals surface area contributed by atoms with E-state index in [9.17, 15) is 14.4 Å². The molecule has 1 fully saturated rings. The van der Waals surface area contributed by atoms with Crippen molar-refractivity contribution in [3.63, 3.8) is 0 Å². The zero-order chi connectivity index (χ0) is 28.1. The fourth-order valence-electron chi connectivity index (χ4n) is 4.15. The van der Waals surface area contributed by atoms with Crippen molar-refractivity contribution < 1.29 is 34.1 Å². The number of methoxy groups -OCH3 is 1. The predicted molar refractivity (Wildman–Crippen MR) is 147 cm³/mol. The Balaban J connectivity index is 0.000000550. The van der Waals surface area contributed by atoms with Gasteiger partial charge in [-0.3, -0.25) is 9.69 Å². The van der Waals surface area contributed by atoms with Crippen LogP contribution in [0, 0.1) is 20.8 Å². The van der Waals surface area contributed by atoms with E-state index in [1.54, 1.807) is 13.2 Å². The summed E-state index contributed by atoms with van der Waals surface area (Å²) in [7, 11) is 1.65. The number of nitrogens with zero attached hydrogens (tertiary/aromatic N) is 1. The number of carbonyl (C=O) groups is 3. The number of likely N-dealkylation sites (tertiary alicyclic amines) is 1. The molecule has 2 aromatic carbocycles. The minimum Gasteiger partial charge on any atom is -0.497 e. The highest BCUT2D eigenvalue weighted by molar-refractivity contribution is 6.07. The molecule has 0 amide bonds. The summed E-state index contributed by atoms with van der Waals surface area (Å²) in [5.74, 6) is -0.798. The van der Waals surface area contributed by atoms with E-state index in [2.05, 4.69) is 4.90 Å². The molecule has 204 valence electrons. The second-order valence-corrected chi connectivity index (χ2v) is 9.12. The molecule has 0 atom stereocenters. The van der Waals surface area contributed by atoms with E-state index in [1.807, 2.05) is 57.2 Å². The van der Waals surface area contributed by atoms with Crippen LogP contribution in [0.2, 0.25) is 0 Å². The summed E-state index contributed by atoms with van der Waals surface area (Å²) in [5.41, 5.74) is 4.78. The maximum absolute atomic E-state index is 12.7. The number of carbonyl (C=O) groups excluding carboxylic acids is 1. The second-order valence-electron chi connectivity index (χ2n) is 9.12. The van der Waals surface area contributed by atoms with Crippen molar-refractivity contribution in [1.29, 1.82) is 0 Å². The van der Waals surface area contributed by atoms with Crippen LogP contribution in [0.3, 0.4) is 0 Å². The standard InChI is InChI=1S/C26H33NO3.C4H4O4/c1-19-18-24(29-4)10-8-22(19)9-11-25(28)23-16-20(2)26(21(3)17-23)30-15-14-27-12-6-5-7-13-27;5-3(6)1-2-4(7)8/h8-11,16-18H,5-7,12-15H2,1-4H3;1-2H,(H,5,6)(H,7,8)/b11-9+;2-1+. The molecule has 1 saturated heterocycles. The highest BCUT2D eigenvalue weighted by Crippen LogP contribution is 2.26. The molecule has 0 radical (unpaired) electrons. The Morgan fingerprint density at radius 2 is 1.47 bits per heavy atom. The molecule has 0 saturated carbocycles. The first kappa shape index (κ1) is 30.3. The number of carboxylic acid groups (broad SMARTS) is 2. The second kappa shape index (κ2) is 15.4. The highest BCUT2D eigenvalue weighted by atomic mass is 16.5. The molecule has 8 heteroatoms. The van der Waals surface area contributed by atoms with E-state index in [0.717, 1.165) is 40.3 Å². The molecule has 3 rings (SSSR count). The van der Waals surface area contributed by atoms with Gasteiger partial charge in [-0.05, 0) is 99.3 Å². The third kappa shape index (κ3) is 10.2. The van der Waals surface area contributed by atoms with E-state index in [1.165, 1.54) is 32.4 Å². The van der Waals surface area contributed by atoms with E-state index >= 15 is 0 Å². The SMILES string of the molecule is COc1ccc(/C=C/C(=O)c2cc(C)c(OCCN3CCCCC3)c(C)c2)c(C)c1.O=C(O)/C=C/C(=O)O. The zero-order valence-electron chi connectivity index (χ0n) is 22.5. The van der Waals surface area contributed by atoms with Gasteiger partial charge in [0.25, 0.3) is 0 Å². The van der Waals surface area contributed by atoms with Crippen LogP contribution in [0.25, 0.3) is 6.08 Å². The maximum Gasteiger partial charge on any atom is 0.328 e. The van der Waals surface area contributed by atoms with Crippen LogP contribution in [0.1, 0.15) is 51.9 Å². The summed E-state index contributed by atoms with van der Waals surface area (Å²) in [6.07, 6.45) is 8.55. The van der Waals surface area contributed by atoms with Crippen molar-refractivity contribution >= 4 is 23.8 Å². The van der Waals surface area contributed by atoms with Gasteiger partial charge in [0.2, 0.25) is 0 Å². The first-order valence-electron chi connectivity index (χ1n) is 12.6. The highest BCUT2D eigenvalue weighted by Gasteiger charge is 2.13. The molecule has 0 aliphatic carbocycles. The Hall–Kier alpha value is -3.91. The molecule has 8 nitrogen and oxygen atoms in total. The Kier molecular flexibility index (Phi) is 12.3. The van der Waals surface area contributed by atoms with Gasteiger partial charge in [-0.1, -0.05) is 18.6 Å². The van der Waals surface area contributed by atoms with Crippen LogP contribution in [-0.4, -0.2) is 66.2 Å². The van der Waals surface area contributed by atoms with E-state index in [4.69, 9.17) is 19.7 Å². The van der Waals surface area contributed by atoms with Crippen molar-refractivity contribution in [2.24, 2.45) is 0 Å². The molecule has 1 aliphatic rings. The summed E-state index contributed by atoms with van der Waals surface area (Å²) in [5, 5.41) is 15.6. The van der Waals surface area contributed by atoms with E-state index in [0.29, 0.717) is 24.3 Å². The zero-order valence-corrected chi connectivity index (χ0v) is 22.5. The van der Waals surface area contributed by atoms with Crippen molar-refractivity contribution in [2.75, 3.05) is 33.4 Å². The molecule has 2 N–H and O–H groups in total. The lowest BCUT2D eigenvalue weighted by Crippen LogP contribution is -2.33. The fourth-order valence-corrected chi connectivity index (χ4v) is 4.15. The number of ketones is 1. The van der Waals surface area contributed by atoms with Crippen LogP contribution >= 0.6 is 0 Å². The quantitative estimate of drug-likeness (QED) is 0.327. The van der Waals surface area contributed by atoms with E-state index in [-0.39, 0.29) is 5.78 Å². The summed E-state index contributed by atoms with van der Waals surface area (Å²) >= 11 is 0. The first-order valence-corrected chi connectivity index (χ1v) is 12.6. The van der Waals surface area contributed by atoms with Gasteiger partial charge in [0.05, 0.1) is 7.11 Å². The predicted octanol–water partition coefficient (Wildman–Crippen LogP) is 5.09. The van der Waals surface area contributed by atoms with Crippen LogP contribution in [0.5, 0.6) is 11.5 Å². The average Bonchev–Trinajstić information content (AvgIpc) is 2.89. The van der Waals surface area contributed by atoms with Gasteiger partial charge < -0.3 is 19.7 Å². The number of piperidine rings is 1. The van der Waals surface area contributed by atoms with Crippen LogP contribution in [0.4, 0.5) is 0 Å². The third-order valence-electron chi connectivity index (χ3n) is 6.11. The lowest BCUT2D eigenvalue weighted by Gasteiger charge is -2.26. The van der Waals surface area contributed by atoms with Crippen LogP contribution in [0.15, 0.2) is 48.6 Å². The Morgan fingerprint density at radius 1 is 0.868 bits per heavy atom. The molecule has 0 aromatic heterocycles. The molecule has 1 aliphatic heterocycles. The average molecular weight is 524 g/mol. The molecule has 2 aromatic rings. The van der Waals surface area contributed by atoms with Crippen molar-refractivity contribution in [2.45, 2.75) is 40.0 Å². The molecule has 0 spiro atoms. The first-order chi connectivity index (χ1) is 18.1. The summed E-state index contributed by atoms with van der Waals surface area (Å²) < 4.78 is 11.3. The number of rotatable bonds is 10. The van der Waals surface area contributed by atoms with Gasteiger partial charge in [-0.2, -0.15) is 0 Å². The lowest BCUT2D eigenvalue weighted by molar-refractivity contribution is -0.134. The normalized spacial score (nSPS) is 13.7. The van der Waals surface area contributed by atoms with Crippen LogP contribution < -0.4 is 9.47 Å². The largest absolute Gasteiger partial charge is 0.497 e. The molecular weight excluding hydrogens is 486 g/mol. The van der Waals surface area contributed by atoms with Gasteiger partial charge >= 0.3 is 11.9 Å². The minimum atomic E-state index is -1.26. The number of ether oxygens (including phenoxy) is 2. The number of allylic oxidation sites excluding steroid dienone is 1. The number of aliphatic carboxylic acids is 2. The van der Waals surface area contributed by atoms with E-state index < -0.39 is 11.9 Å². The van der Waals surface area contributed by atoms with Gasteiger partial charge in [0.1, 0.15) is 18.1 Å². The lowest BCUT2D eigenvalue weighted by atomic mass is 10.0. The Morgan fingerprint density at radius 3 is 2.00 bits per heavy atom. The minimum absolute atomic E-state index is 0.00344. The van der Waals surface area contributed by atoms with Crippen molar-refractivity contribution in [1.82, 2.24) is 4.90 Å². The Bertz CT molecular complexity index is 1140. The summed E-state index contributed by atoms with van der Waals surface area (Å²) in [6.45, 7) is 10.0. The number of benzene rings is 2. The third-order valence-corrected chi connectivity index (χ3v) is 6.11.